The Morgan fingerprint density at radius 2 is 1.69 bits per heavy atom. The van der Waals surface area contributed by atoms with E-state index in [-0.39, 0.29) is 5.91 Å². The van der Waals surface area contributed by atoms with Crippen LogP contribution in [0, 0.1) is 11.3 Å². The monoisotopic (exact) mass is 349 g/mol. The van der Waals surface area contributed by atoms with Gasteiger partial charge < -0.3 is 5.32 Å². The third-order valence-corrected chi connectivity index (χ3v) is 4.61. The van der Waals surface area contributed by atoms with Gasteiger partial charge in [0.1, 0.15) is 0 Å². The molecule has 0 aromatic heterocycles. The van der Waals surface area contributed by atoms with E-state index in [2.05, 4.69) is 48.3 Å². The normalized spacial score (nSPS) is 10.5. The minimum absolute atomic E-state index is 0.0481. The maximum atomic E-state index is 12.2. The minimum Gasteiger partial charge on any atom is -0.352 e. The number of nitrogens with one attached hydrogen (secondary N) is 1. The van der Waals surface area contributed by atoms with Gasteiger partial charge in [-0.1, -0.05) is 50.2 Å². The van der Waals surface area contributed by atoms with Crippen LogP contribution in [0.5, 0.6) is 0 Å². The molecular weight excluding hydrogens is 322 g/mol. The van der Waals surface area contributed by atoms with Crippen LogP contribution in [0.3, 0.4) is 0 Å². The van der Waals surface area contributed by atoms with E-state index in [4.69, 9.17) is 5.26 Å². The van der Waals surface area contributed by atoms with Crippen LogP contribution in [0.1, 0.15) is 42.5 Å². The summed E-state index contributed by atoms with van der Waals surface area (Å²) in [5.41, 5.74) is 4.15. The number of hydrogen-bond acceptors (Lipinski definition) is 3. The molecule has 0 atom stereocenters. The molecule has 1 N–H and O–H groups in total. The van der Waals surface area contributed by atoms with Gasteiger partial charge in [0.2, 0.25) is 5.91 Å². The first-order valence-electron chi connectivity index (χ1n) is 9.21. The van der Waals surface area contributed by atoms with Crippen LogP contribution in [-0.2, 0) is 24.3 Å². The molecule has 2 aromatic rings. The first kappa shape index (κ1) is 19.7. The second-order valence-electron chi connectivity index (χ2n) is 6.32. The quantitative estimate of drug-likeness (QED) is 0.752. The second-order valence-corrected chi connectivity index (χ2v) is 6.32. The molecule has 2 rings (SSSR count). The topological polar surface area (TPSA) is 56.1 Å². The molecule has 0 bridgehead atoms. The highest BCUT2D eigenvalue weighted by Crippen LogP contribution is 2.12. The molecule has 4 heteroatoms. The average Bonchev–Trinajstić information content (AvgIpc) is 2.70. The maximum Gasteiger partial charge on any atom is 0.220 e. The largest absolute Gasteiger partial charge is 0.352 e. The summed E-state index contributed by atoms with van der Waals surface area (Å²) < 4.78 is 0. The summed E-state index contributed by atoms with van der Waals surface area (Å²) in [6.07, 6.45) is 1.13. The molecule has 0 unspecified atom stereocenters. The van der Waals surface area contributed by atoms with E-state index in [1.54, 1.807) is 12.1 Å². The summed E-state index contributed by atoms with van der Waals surface area (Å²) in [5.74, 6) is 0.0481. The Balaban J connectivity index is 1.86. The lowest BCUT2D eigenvalue weighted by molar-refractivity contribution is -0.121. The predicted molar refractivity (Wildman–Crippen MR) is 104 cm³/mol. The highest BCUT2D eigenvalue weighted by Gasteiger charge is 2.08. The zero-order valence-corrected chi connectivity index (χ0v) is 15.7. The van der Waals surface area contributed by atoms with E-state index >= 15 is 0 Å². The number of nitrogens with zero attached hydrogens (tertiary/aromatic N) is 2. The fourth-order valence-corrected chi connectivity index (χ4v) is 2.86. The van der Waals surface area contributed by atoms with E-state index in [1.165, 1.54) is 11.1 Å². The molecule has 4 nitrogen and oxygen atoms in total. The number of amides is 1. The van der Waals surface area contributed by atoms with Crippen molar-refractivity contribution in [3.05, 3.63) is 70.8 Å². The summed E-state index contributed by atoms with van der Waals surface area (Å²) in [6.45, 7) is 7.82. The van der Waals surface area contributed by atoms with Crippen molar-refractivity contribution in [3.8, 4) is 6.07 Å². The number of carbonyl (C=O) groups excluding carboxylic acids is 1. The Kier molecular flexibility index (Phi) is 7.85. The molecule has 0 heterocycles. The molecule has 0 aliphatic heterocycles. The number of nitriles is 1. The number of rotatable bonds is 9. The molecule has 0 aliphatic rings. The summed E-state index contributed by atoms with van der Waals surface area (Å²) in [5, 5.41) is 11.8. The van der Waals surface area contributed by atoms with Gasteiger partial charge in [-0.05, 0) is 48.3 Å². The van der Waals surface area contributed by atoms with Crippen LogP contribution >= 0.6 is 0 Å². The molecular formula is C22H27N3O. The molecule has 0 aliphatic carbocycles. The van der Waals surface area contributed by atoms with Gasteiger partial charge in [-0.2, -0.15) is 5.26 Å². The van der Waals surface area contributed by atoms with Crippen molar-refractivity contribution in [1.82, 2.24) is 10.2 Å². The fourth-order valence-electron chi connectivity index (χ4n) is 2.86. The van der Waals surface area contributed by atoms with E-state index in [0.29, 0.717) is 24.9 Å². The van der Waals surface area contributed by atoms with Crippen LogP contribution in [0.25, 0.3) is 0 Å². The number of hydrogen-bond donors (Lipinski definition) is 1. The highest BCUT2D eigenvalue weighted by molar-refractivity contribution is 5.76. The van der Waals surface area contributed by atoms with Gasteiger partial charge >= 0.3 is 0 Å². The van der Waals surface area contributed by atoms with Crippen molar-refractivity contribution < 1.29 is 4.79 Å². The maximum absolute atomic E-state index is 12.2. The number of benzene rings is 2. The standard InChI is InChI=1S/C22H27N3O/c1-3-25(4-2)17-21-8-6-5-7-20(21)16-24-22(26)14-13-18-9-11-19(15-23)12-10-18/h5-12H,3-4,13-14,16-17H2,1-2H3,(H,24,26). The Morgan fingerprint density at radius 1 is 1.04 bits per heavy atom. The third-order valence-electron chi connectivity index (χ3n) is 4.61. The van der Waals surface area contributed by atoms with Crippen molar-refractivity contribution in [2.45, 2.75) is 39.8 Å². The van der Waals surface area contributed by atoms with Crippen LogP contribution in [0.15, 0.2) is 48.5 Å². The Hall–Kier alpha value is -2.64. The average molecular weight is 349 g/mol. The molecule has 2 aromatic carbocycles. The fraction of sp³-hybridized carbons (Fsp3) is 0.364. The lowest BCUT2D eigenvalue weighted by atomic mass is 10.1. The molecule has 0 fully saturated rings. The predicted octanol–water partition coefficient (Wildman–Crippen LogP) is 3.65. The van der Waals surface area contributed by atoms with Crippen molar-refractivity contribution in [2.75, 3.05) is 13.1 Å². The van der Waals surface area contributed by atoms with Crippen LogP contribution in [-0.4, -0.2) is 23.9 Å². The Labute approximate surface area is 156 Å². The number of aryl methyl sites for hydroxylation is 1. The zero-order chi connectivity index (χ0) is 18.8. The summed E-state index contributed by atoms with van der Waals surface area (Å²) in [7, 11) is 0. The van der Waals surface area contributed by atoms with Gasteiger partial charge in [0.05, 0.1) is 11.6 Å². The molecule has 1 amide bonds. The third kappa shape index (κ3) is 6.02. The molecule has 26 heavy (non-hydrogen) atoms. The molecule has 136 valence electrons. The molecule has 0 radical (unpaired) electrons. The van der Waals surface area contributed by atoms with E-state index < -0.39 is 0 Å². The van der Waals surface area contributed by atoms with Crippen LogP contribution in [0.4, 0.5) is 0 Å². The Bertz CT molecular complexity index is 743. The first-order valence-corrected chi connectivity index (χ1v) is 9.21. The van der Waals surface area contributed by atoms with E-state index in [0.717, 1.165) is 25.2 Å². The molecule has 0 saturated heterocycles. The zero-order valence-electron chi connectivity index (χ0n) is 15.7. The summed E-state index contributed by atoms with van der Waals surface area (Å²) in [4.78, 5) is 14.6. The second kappa shape index (κ2) is 10.4. The highest BCUT2D eigenvalue weighted by atomic mass is 16.1. The van der Waals surface area contributed by atoms with Gasteiger partial charge in [0.25, 0.3) is 0 Å². The van der Waals surface area contributed by atoms with Crippen LogP contribution in [0.2, 0.25) is 0 Å². The molecule has 0 spiro atoms. The van der Waals surface area contributed by atoms with Gasteiger partial charge in [0, 0.05) is 19.5 Å². The summed E-state index contributed by atoms with van der Waals surface area (Å²) in [6, 6.07) is 17.8. The first-order chi connectivity index (χ1) is 12.7. The van der Waals surface area contributed by atoms with Gasteiger partial charge in [-0.3, -0.25) is 9.69 Å². The molecule has 0 saturated carbocycles. The lowest BCUT2D eigenvalue weighted by Crippen LogP contribution is -2.26. The Morgan fingerprint density at radius 3 is 2.31 bits per heavy atom. The SMILES string of the molecule is CCN(CC)Cc1ccccc1CNC(=O)CCc1ccc(C#N)cc1. The van der Waals surface area contributed by atoms with Crippen molar-refractivity contribution >= 4 is 5.91 Å². The van der Waals surface area contributed by atoms with Gasteiger partial charge in [-0.15, -0.1) is 0 Å². The van der Waals surface area contributed by atoms with Gasteiger partial charge in [0.15, 0.2) is 0 Å². The van der Waals surface area contributed by atoms with E-state index in [1.807, 2.05) is 18.2 Å². The van der Waals surface area contributed by atoms with E-state index in [9.17, 15) is 4.79 Å². The van der Waals surface area contributed by atoms with Crippen molar-refractivity contribution in [3.63, 3.8) is 0 Å². The van der Waals surface area contributed by atoms with Crippen LogP contribution < -0.4 is 5.32 Å². The summed E-state index contributed by atoms with van der Waals surface area (Å²) >= 11 is 0. The minimum atomic E-state index is 0.0481. The number of carbonyl (C=O) groups is 1. The lowest BCUT2D eigenvalue weighted by Gasteiger charge is -2.20. The van der Waals surface area contributed by atoms with Crippen molar-refractivity contribution in [2.24, 2.45) is 0 Å². The van der Waals surface area contributed by atoms with Gasteiger partial charge in [-0.25, -0.2) is 0 Å². The smallest absolute Gasteiger partial charge is 0.220 e. The van der Waals surface area contributed by atoms with Crippen molar-refractivity contribution in [1.29, 1.82) is 5.26 Å².